The molecular weight excluding hydrogens is 533 g/mol. The summed E-state index contributed by atoms with van der Waals surface area (Å²) in [6, 6.07) is 7.75. The van der Waals surface area contributed by atoms with E-state index in [2.05, 4.69) is 38.1 Å². The first-order valence-corrected chi connectivity index (χ1v) is 11.1. The molecule has 0 aliphatic carbocycles. The molecule has 0 fully saturated rings. The Hall–Kier alpha value is -2.37. The number of amides is 1. The maximum absolute atomic E-state index is 11.9. The van der Waals surface area contributed by atoms with Gasteiger partial charge in [0.05, 0.1) is 0 Å². The van der Waals surface area contributed by atoms with Crippen molar-refractivity contribution in [3.8, 4) is 0 Å². The van der Waals surface area contributed by atoms with Crippen molar-refractivity contribution in [3.05, 3.63) is 41.5 Å². The molecule has 1 aromatic carbocycles. The lowest BCUT2D eigenvalue weighted by Crippen LogP contribution is -2.39. The molecule has 0 saturated heterocycles. The van der Waals surface area contributed by atoms with E-state index in [0.29, 0.717) is 12.2 Å². The quantitative estimate of drug-likeness (QED) is 0.181. The van der Waals surface area contributed by atoms with E-state index in [-0.39, 0.29) is 24.0 Å². The molecule has 1 amide bonds. The van der Waals surface area contributed by atoms with Crippen LogP contribution >= 0.6 is 24.0 Å². The topological polar surface area (TPSA) is 105 Å². The first-order valence-electron chi connectivity index (χ1n) is 11.1. The van der Waals surface area contributed by atoms with Gasteiger partial charge in [0.2, 0.25) is 0 Å². The fraction of sp³-hybridized carbons (Fsp3) is 0.565. The van der Waals surface area contributed by atoms with Gasteiger partial charge in [-0.3, -0.25) is 5.32 Å². The van der Waals surface area contributed by atoms with E-state index in [0.717, 1.165) is 55.5 Å². The second-order valence-corrected chi connectivity index (χ2v) is 8.67. The van der Waals surface area contributed by atoms with Crippen LogP contribution in [0.5, 0.6) is 0 Å². The van der Waals surface area contributed by atoms with Crippen molar-refractivity contribution in [1.82, 2.24) is 25.4 Å². The van der Waals surface area contributed by atoms with Gasteiger partial charge >= 0.3 is 6.09 Å². The molecule has 10 heteroatoms. The minimum Gasteiger partial charge on any atom is -0.444 e. The smallest absolute Gasteiger partial charge is 0.412 e. The van der Waals surface area contributed by atoms with E-state index in [9.17, 15) is 4.79 Å². The average molecular weight is 572 g/mol. The fourth-order valence-corrected chi connectivity index (χ4v) is 2.80. The van der Waals surface area contributed by atoms with Crippen molar-refractivity contribution in [2.45, 2.75) is 66.0 Å². The molecule has 0 unspecified atom stereocenters. The number of anilines is 1. The summed E-state index contributed by atoms with van der Waals surface area (Å²) in [5, 5.41) is 17.8. The van der Waals surface area contributed by atoms with E-state index < -0.39 is 11.7 Å². The normalized spacial score (nSPS) is 11.5. The number of carbonyl (C=O) groups is 1. The number of guanidine groups is 1. The number of halogens is 1. The summed E-state index contributed by atoms with van der Waals surface area (Å²) in [7, 11) is 1.94. The van der Waals surface area contributed by atoms with Crippen molar-refractivity contribution < 1.29 is 9.53 Å². The Balaban J connectivity index is 0.00000544. The molecular formula is C23H38IN7O2. The summed E-state index contributed by atoms with van der Waals surface area (Å²) in [6.07, 6.45) is 2.57. The molecule has 2 rings (SSSR count). The van der Waals surface area contributed by atoms with Crippen LogP contribution in [0.15, 0.2) is 29.3 Å². The van der Waals surface area contributed by atoms with Crippen molar-refractivity contribution in [2.75, 3.05) is 18.4 Å². The maximum atomic E-state index is 11.9. The molecule has 184 valence electrons. The van der Waals surface area contributed by atoms with Crippen LogP contribution in [0.4, 0.5) is 10.5 Å². The van der Waals surface area contributed by atoms with Gasteiger partial charge in [-0.05, 0) is 58.2 Å². The third-order valence-corrected chi connectivity index (χ3v) is 4.69. The van der Waals surface area contributed by atoms with Crippen molar-refractivity contribution in [3.63, 3.8) is 0 Å². The van der Waals surface area contributed by atoms with Gasteiger partial charge in [-0.25, -0.2) is 9.79 Å². The summed E-state index contributed by atoms with van der Waals surface area (Å²) in [4.78, 5) is 16.5. The Labute approximate surface area is 214 Å². The number of hydrogen-bond donors (Lipinski definition) is 3. The number of rotatable bonds is 9. The van der Waals surface area contributed by atoms with Gasteiger partial charge in [-0.15, -0.1) is 34.2 Å². The Morgan fingerprint density at radius 2 is 1.79 bits per heavy atom. The van der Waals surface area contributed by atoms with Crippen LogP contribution in [-0.2, 0) is 24.8 Å². The molecule has 1 aromatic heterocycles. The molecule has 0 radical (unpaired) electrons. The highest BCUT2D eigenvalue weighted by Crippen LogP contribution is 2.13. The lowest BCUT2D eigenvalue weighted by molar-refractivity contribution is 0.0636. The predicted octanol–water partition coefficient (Wildman–Crippen LogP) is 4.17. The largest absolute Gasteiger partial charge is 0.444 e. The summed E-state index contributed by atoms with van der Waals surface area (Å²) in [6.45, 7) is 11.7. The molecule has 2 aromatic rings. The van der Waals surface area contributed by atoms with Crippen molar-refractivity contribution in [2.24, 2.45) is 12.0 Å². The summed E-state index contributed by atoms with van der Waals surface area (Å²) in [5.74, 6) is 2.46. The number of benzene rings is 1. The second-order valence-electron chi connectivity index (χ2n) is 8.67. The van der Waals surface area contributed by atoms with Crippen LogP contribution in [0, 0.1) is 6.92 Å². The van der Waals surface area contributed by atoms with E-state index in [1.807, 2.05) is 63.6 Å². The number of aliphatic imine (C=N–C) groups is 1. The van der Waals surface area contributed by atoms with Crippen molar-refractivity contribution in [1.29, 1.82) is 0 Å². The summed E-state index contributed by atoms with van der Waals surface area (Å²) < 4.78 is 7.22. The molecule has 0 aliphatic heterocycles. The number of aryl methyl sites for hydroxylation is 1. The van der Waals surface area contributed by atoms with E-state index >= 15 is 0 Å². The highest BCUT2D eigenvalue weighted by atomic mass is 127. The van der Waals surface area contributed by atoms with E-state index in [4.69, 9.17) is 4.74 Å². The Morgan fingerprint density at radius 1 is 1.12 bits per heavy atom. The maximum Gasteiger partial charge on any atom is 0.412 e. The molecule has 33 heavy (non-hydrogen) atoms. The highest BCUT2D eigenvalue weighted by molar-refractivity contribution is 14.0. The van der Waals surface area contributed by atoms with Crippen molar-refractivity contribution >= 4 is 41.7 Å². The van der Waals surface area contributed by atoms with Crippen LogP contribution in [0.1, 0.15) is 57.7 Å². The van der Waals surface area contributed by atoms with Crippen LogP contribution in [0.3, 0.4) is 0 Å². The predicted molar refractivity (Wildman–Crippen MR) is 143 cm³/mol. The summed E-state index contributed by atoms with van der Waals surface area (Å²) in [5.41, 5.74) is 1.34. The number of aromatic nitrogens is 3. The minimum absolute atomic E-state index is 0. The van der Waals surface area contributed by atoms with Crippen LogP contribution in [0.25, 0.3) is 0 Å². The molecule has 0 aliphatic rings. The number of carbonyl (C=O) groups excluding carboxylic acids is 1. The van der Waals surface area contributed by atoms with Crippen LogP contribution in [-0.4, -0.2) is 45.5 Å². The summed E-state index contributed by atoms with van der Waals surface area (Å²) >= 11 is 0. The zero-order valence-electron chi connectivity index (χ0n) is 20.6. The Bertz CT molecular complexity index is 889. The molecule has 9 nitrogen and oxygen atoms in total. The van der Waals surface area contributed by atoms with Gasteiger partial charge in [0.25, 0.3) is 0 Å². The first-order chi connectivity index (χ1) is 15.2. The zero-order valence-corrected chi connectivity index (χ0v) is 22.9. The van der Waals surface area contributed by atoms with Gasteiger partial charge in [0.1, 0.15) is 18.0 Å². The third-order valence-electron chi connectivity index (χ3n) is 4.69. The molecule has 0 atom stereocenters. The number of hydrogen-bond acceptors (Lipinski definition) is 5. The zero-order chi connectivity index (χ0) is 23.6. The number of unbranched alkanes of at least 4 members (excludes halogenated alkanes) is 1. The first kappa shape index (κ1) is 28.7. The fourth-order valence-electron chi connectivity index (χ4n) is 2.80. The Morgan fingerprint density at radius 3 is 2.36 bits per heavy atom. The lowest BCUT2D eigenvalue weighted by Gasteiger charge is -2.19. The second kappa shape index (κ2) is 14.0. The molecule has 3 N–H and O–H groups in total. The van der Waals surface area contributed by atoms with Gasteiger partial charge in [0, 0.05) is 25.8 Å². The lowest BCUT2D eigenvalue weighted by atomic mass is 10.1. The molecule has 0 spiro atoms. The molecule has 0 saturated carbocycles. The van der Waals surface area contributed by atoms with Gasteiger partial charge in [-0.2, -0.15) is 0 Å². The monoisotopic (exact) mass is 571 g/mol. The Kier molecular flexibility index (Phi) is 12.2. The molecule has 0 bridgehead atoms. The van der Waals surface area contributed by atoms with Gasteiger partial charge < -0.3 is 19.9 Å². The SMILES string of the molecule is CCCCNC(=NCc1nnc(C)n1C)NCCc1ccc(NC(=O)OC(C)(C)C)cc1.I. The molecule has 1 heterocycles. The standard InChI is InChI=1S/C23H37N7O2.HI/c1-7-8-14-24-21(26-16-20-29-28-17(2)30(20)6)25-15-13-18-9-11-19(12-10-18)27-22(31)32-23(3,4)5;/h9-12H,7-8,13-16H2,1-6H3,(H,27,31)(H2,24,25,26);1H. The minimum atomic E-state index is -0.522. The van der Waals surface area contributed by atoms with E-state index in [1.165, 1.54) is 0 Å². The average Bonchev–Trinajstić information content (AvgIpc) is 3.03. The van der Waals surface area contributed by atoms with E-state index in [1.54, 1.807) is 0 Å². The number of nitrogens with one attached hydrogen (secondary N) is 3. The van der Waals surface area contributed by atoms with Gasteiger partial charge in [-0.1, -0.05) is 25.5 Å². The number of nitrogens with zero attached hydrogens (tertiary/aromatic N) is 4. The number of ether oxygens (including phenoxy) is 1. The van der Waals surface area contributed by atoms with Crippen LogP contribution < -0.4 is 16.0 Å². The third kappa shape index (κ3) is 10.9. The highest BCUT2D eigenvalue weighted by Gasteiger charge is 2.16. The van der Waals surface area contributed by atoms with Crippen LogP contribution in [0.2, 0.25) is 0 Å². The van der Waals surface area contributed by atoms with Gasteiger partial charge in [0.15, 0.2) is 11.8 Å².